The van der Waals surface area contributed by atoms with Gasteiger partial charge in [-0.3, -0.25) is 9.59 Å². The zero-order valence-corrected chi connectivity index (χ0v) is 8.59. The predicted molar refractivity (Wildman–Crippen MR) is 49.3 cm³/mol. The van der Waals surface area contributed by atoms with Gasteiger partial charge in [-0.25, -0.2) is 0 Å². The van der Waals surface area contributed by atoms with Crippen LogP contribution in [0.25, 0.3) is 0 Å². The molecular formula is C9H17NO3. The van der Waals surface area contributed by atoms with Crippen LogP contribution in [-0.2, 0) is 14.3 Å². The molecule has 1 atom stereocenters. The molecule has 0 fully saturated rings. The third kappa shape index (κ3) is 4.62. The molecule has 0 unspecified atom stereocenters. The Morgan fingerprint density at radius 2 is 1.92 bits per heavy atom. The van der Waals surface area contributed by atoms with Crippen molar-refractivity contribution in [2.24, 2.45) is 5.92 Å². The SMILES string of the molecule is COCC(=O)N[C@H](C(C)=O)C(C)C. The average molecular weight is 187 g/mol. The van der Waals surface area contributed by atoms with Crippen LogP contribution in [0.15, 0.2) is 0 Å². The molecule has 0 aromatic rings. The van der Waals surface area contributed by atoms with Gasteiger partial charge in [0.1, 0.15) is 6.61 Å². The van der Waals surface area contributed by atoms with Crippen LogP contribution in [-0.4, -0.2) is 31.4 Å². The van der Waals surface area contributed by atoms with E-state index in [1.807, 2.05) is 13.8 Å². The van der Waals surface area contributed by atoms with E-state index in [0.29, 0.717) is 0 Å². The number of methoxy groups -OCH3 is 1. The number of nitrogens with one attached hydrogen (secondary N) is 1. The minimum absolute atomic E-state index is 0.00347. The highest BCUT2D eigenvalue weighted by molar-refractivity contribution is 5.88. The largest absolute Gasteiger partial charge is 0.375 e. The second kappa shape index (κ2) is 5.70. The van der Waals surface area contributed by atoms with E-state index in [1.165, 1.54) is 14.0 Å². The van der Waals surface area contributed by atoms with Gasteiger partial charge in [0.15, 0.2) is 5.78 Å². The summed E-state index contributed by atoms with van der Waals surface area (Å²) in [5.41, 5.74) is 0. The zero-order valence-electron chi connectivity index (χ0n) is 8.59. The maximum absolute atomic E-state index is 11.1. The normalized spacial score (nSPS) is 12.7. The number of rotatable bonds is 5. The molecule has 13 heavy (non-hydrogen) atoms. The summed E-state index contributed by atoms with van der Waals surface area (Å²) in [5, 5.41) is 2.60. The van der Waals surface area contributed by atoms with Gasteiger partial charge in [0.2, 0.25) is 5.91 Å². The molecule has 4 nitrogen and oxygen atoms in total. The van der Waals surface area contributed by atoms with E-state index >= 15 is 0 Å². The number of carbonyl (C=O) groups is 2. The van der Waals surface area contributed by atoms with E-state index in [1.54, 1.807) is 0 Å². The topological polar surface area (TPSA) is 55.4 Å². The van der Waals surface area contributed by atoms with Crippen LogP contribution in [0.3, 0.4) is 0 Å². The fourth-order valence-electron chi connectivity index (χ4n) is 1.08. The average Bonchev–Trinajstić information content (AvgIpc) is 1.99. The van der Waals surface area contributed by atoms with Crippen LogP contribution in [0.4, 0.5) is 0 Å². The Kier molecular flexibility index (Phi) is 5.30. The molecule has 76 valence electrons. The summed E-state index contributed by atoms with van der Waals surface area (Å²) < 4.78 is 4.64. The number of hydrogen-bond donors (Lipinski definition) is 1. The van der Waals surface area contributed by atoms with E-state index in [2.05, 4.69) is 10.1 Å². The van der Waals surface area contributed by atoms with Crippen molar-refractivity contribution in [1.82, 2.24) is 5.32 Å². The first-order valence-electron chi connectivity index (χ1n) is 4.27. The number of carbonyl (C=O) groups excluding carboxylic acids is 2. The Labute approximate surface area is 78.6 Å². The molecule has 0 saturated carbocycles. The van der Waals surface area contributed by atoms with Crippen molar-refractivity contribution in [3.63, 3.8) is 0 Å². The molecular weight excluding hydrogens is 170 g/mol. The van der Waals surface area contributed by atoms with Crippen molar-refractivity contribution in [3.05, 3.63) is 0 Å². The van der Waals surface area contributed by atoms with Gasteiger partial charge in [-0.15, -0.1) is 0 Å². The van der Waals surface area contributed by atoms with Crippen LogP contribution >= 0.6 is 0 Å². The van der Waals surface area contributed by atoms with Crippen LogP contribution in [0, 0.1) is 5.92 Å². The van der Waals surface area contributed by atoms with Gasteiger partial charge in [0.05, 0.1) is 6.04 Å². The Bertz CT molecular complexity index is 189. The number of hydrogen-bond acceptors (Lipinski definition) is 3. The second-order valence-corrected chi connectivity index (χ2v) is 3.33. The van der Waals surface area contributed by atoms with E-state index < -0.39 is 6.04 Å². The molecule has 0 aromatic carbocycles. The molecule has 0 aromatic heterocycles. The highest BCUT2D eigenvalue weighted by Crippen LogP contribution is 2.02. The minimum atomic E-state index is -0.400. The number of amides is 1. The van der Waals surface area contributed by atoms with Crippen LogP contribution in [0.5, 0.6) is 0 Å². The van der Waals surface area contributed by atoms with E-state index in [4.69, 9.17) is 0 Å². The summed E-state index contributed by atoms with van der Waals surface area (Å²) in [5.74, 6) is -0.172. The molecule has 1 amide bonds. The number of ketones is 1. The van der Waals surface area contributed by atoms with Crippen molar-refractivity contribution >= 4 is 11.7 Å². The quantitative estimate of drug-likeness (QED) is 0.676. The molecule has 0 radical (unpaired) electrons. The van der Waals surface area contributed by atoms with Crippen LogP contribution < -0.4 is 5.32 Å². The van der Waals surface area contributed by atoms with Gasteiger partial charge >= 0.3 is 0 Å². The fraction of sp³-hybridized carbons (Fsp3) is 0.778. The molecule has 0 heterocycles. The molecule has 0 aliphatic carbocycles. The molecule has 0 aliphatic heterocycles. The van der Waals surface area contributed by atoms with Gasteiger partial charge < -0.3 is 10.1 Å². The van der Waals surface area contributed by atoms with Gasteiger partial charge in [0, 0.05) is 7.11 Å². The molecule has 0 rings (SSSR count). The summed E-state index contributed by atoms with van der Waals surface area (Å²) >= 11 is 0. The van der Waals surface area contributed by atoms with Gasteiger partial charge in [-0.2, -0.15) is 0 Å². The van der Waals surface area contributed by atoms with Crippen molar-refractivity contribution in [2.45, 2.75) is 26.8 Å². The van der Waals surface area contributed by atoms with Crippen LogP contribution in [0.2, 0.25) is 0 Å². The Hall–Kier alpha value is -0.900. The monoisotopic (exact) mass is 187 g/mol. The molecule has 0 aliphatic rings. The maximum atomic E-state index is 11.1. The lowest BCUT2D eigenvalue weighted by Crippen LogP contribution is -2.44. The van der Waals surface area contributed by atoms with Crippen molar-refractivity contribution in [3.8, 4) is 0 Å². The Morgan fingerprint density at radius 3 is 2.23 bits per heavy atom. The van der Waals surface area contributed by atoms with Gasteiger partial charge in [-0.05, 0) is 12.8 Å². The molecule has 0 bridgehead atoms. The fourth-order valence-corrected chi connectivity index (χ4v) is 1.08. The highest BCUT2D eigenvalue weighted by atomic mass is 16.5. The van der Waals surface area contributed by atoms with Crippen LogP contribution in [0.1, 0.15) is 20.8 Å². The summed E-state index contributed by atoms with van der Waals surface area (Å²) in [4.78, 5) is 22.1. The van der Waals surface area contributed by atoms with Gasteiger partial charge in [0.25, 0.3) is 0 Å². The van der Waals surface area contributed by atoms with E-state index in [-0.39, 0.29) is 24.2 Å². The summed E-state index contributed by atoms with van der Waals surface area (Å²) in [6, 6.07) is -0.400. The first-order chi connectivity index (χ1) is 5.99. The maximum Gasteiger partial charge on any atom is 0.246 e. The summed E-state index contributed by atoms with van der Waals surface area (Å²) in [6.07, 6.45) is 0. The third-order valence-electron chi connectivity index (χ3n) is 1.70. The van der Waals surface area contributed by atoms with Crippen molar-refractivity contribution in [1.29, 1.82) is 0 Å². The molecule has 4 heteroatoms. The summed E-state index contributed by atoms with van der Waals surface area (Å²) in [7, 11) is 1.44. The smallest absolute Gasteiger partial charge is 0.246 e. The first-order valence-corrected chi connectivity index (χ1v) is 4.27. The lowest BCUT2D eigenvalue weighted by molar-refractivity contribution is -0.130. The van der Waals surface area contributed by atoms with Crippen molar-refractivity contribution < 1.29 is 14.3 Å². The minimum Gasteiger partial charge on any atom is -0.375 e. The number of Topliss-reactive ketones (excluding diaryl/α,β-unsaturated/α-hetero) is 1. The first kappa shape index (κ1) is 12.1. The van der Waals surface area contributed by atoms with Crippen molar-refractivity contribution in [2.75, 3.05) is 13.7 Å². The predicted octanol–water partition coefficient (Wildman–Crippen LogP) is 0.363. The van der Waals surface area contributed by atoms with Gasteiger partial charge in [-0.1, -0.05) is 13.8 Å². The zero-order chi connectivity index (χ0) is 10.4. The Morgan fingerprint density at radius 1 is 1.38 bits per heavy atom. The lowest BCUT2D eigenvalue weighted by Gasteiger charge is -2.18. The third-order valence-corrected chi connectivity index (χ3v) is 1.70. The second-order valence-electron chi connectivity index (χ2n) is 3.33. The Balaban J connectivity index is 4.10. The van der Waals surface area contributed by atoms with E-state index in [0.717, 1.165) is 0 Å². The number of ether oxygens (including phenoxy) is 1. The van der Waals surface area contributed by atoms with E-state index in [9.17, 15) is 9.59 Å². The highest BCUT2D eigenvalue weighted by Gasteiger charge is 2.19. The summed E-state index contributed by atoms with van der Waals surface area (Å²) in [6.45, 7) is 5.24. The molecule has 0 spiro atoms. The lowest BCUT2D eigenvalue weighted by atomic mass is 10.0. The molecule has 0 saturated heterocycles. The molecule has 1 N–H and O–H groups in total. The standard InChI is InChI=1S/C9H17NO3/c1-6(2)9(7(3)11)10-8(12)5-13-4/h6,9H,5H2,1-4H3,(H,10,12)/t9-/m0/s1.